The molecule has 3 saturated carbocycles. The van der Waals surface area contributed by atoms with Crippen LogP contribution in [0.5, 0.6) is 0 Å². The van der Waals surface area contributed by atoms with Crippen LogP contribution >= 0.6 is 0 Å². The monoisotopic (exact) mass is 236 g/mol. The maximum atomic E-state index is 5.94. The summed E-state index contributed by atoms with van der Waals surface area (Å²) in [5, 5.41) is 0. The molecule has 3 aliphatic rings. The first kappa shape index (κ1) is 12.0. The van der Waals surface area contributed by atoms with E-state index in [2.05, 4.69) is 27.7 Å². The van der Waals surface area contributed by atoms with Crippen molar-refractivity contribution in [3.63, 3.8) is 0 Å². The van der Waals surface area contributed by atoms with E-state index < -0.39 is 0 Å². The van der Waals surface area contributed by atoms with Crippen molar-refractivity contribution in [1.29, 1.82) is 0 Å². The van der Waals surface area contributed by atoms with Gasteiger partial charge < -0.3 is 4.74 Å². The first-order chi connectivity index (χ1) is 7.87. The molecule has 0 aromatic heterocycles. The minimum atomic E-state index is 0.138. The van der Waals surface area contributed by atoms with Gasteiger partial charge in [-0.15, -0.1) is 0 Å². The summed E-state index contributed by atoms with van der Waals surface area (Å²) in [6.07, 6.45) is 7.03. The summed E-state index contributed by atoms with van der Waals surface area (Å²) in [6.45, 7) is 9.90. The number of methoxy groups -OCH3 is 1. The van der Waals surface area contributed by atoms with E-state index in [-0.39, 0.29) is 5.60 Å². The Labute approximate surface area is 106 Å². The van der Waals surface area contributed by atoms with Gasteiger partial charge in [0.15, 0.2) is 0 Å². The third kappa shape index (κ3) is 1.25. The molecule has 98 valence electrons. The molecule has 0 aromatic carbocycles. The number of ether oxygens (including phenoxy) is 1. The average Bonchev–Trinajstić information content (AvgIpc) is 2.70. The molecule has 0 heterocycles. The van der Waals surface area contributed by atoms with Gasteiger partial charge in [0.2, 0.25) is 0 Å². The summed E-state index contributed by atoms with van der Waals surface area (Å²) in [4.78, 5) is 0. The fourth-order valence-corrected chi connectivity index (χ4v) is 6.10. The van der Waals surface area contributed by atoms with Crippen molar-refractivity contribution < 1.29 is 4.74 Å². The highest BCUT2D eigenvalue weighted by atomic mass is 16.5. The molecular weight excluding hydrogens is 208 g/mol. The highest BCUT2D eigenvalue weighted by molar-refractivity contribution is 5.17. The van der Waals surface area contributed by atoms with E-state index in [1.807, 2.05) is 7.11 Å². The Hall–Kier alpha value is -0.0400. The van der Waals surface area contributed by atoms with Crippen molar-refractivity contribution in [1.82, 2.24) is 0 Å². The topological polar surface area (TPSA) is 9.23 Å². The Kier molecular flexibility index (Phi) is 2.32. The van der Waals surface area contributed by atoms with Crippen molar-refractivity contribution in [2.24, 2.45) is 28.6 Å². The number of fused-ring (bicyclic) bond motifs is 1. The smallest absolute Gasteiger partial charge is 0.0684 e. The summed E-state index contributed by atoms with van der Waals surface area (Å²) in [7, 11) is 1.92. The molecule has 0 aromatic rings. The Morgan fingerprint density at radius 2 is 1.71 bits per heavy atom. The van der Waals surface area contributed by atoms with Crippen molar-refractivity contribution in [2.75, 3.05) is 7.11 Å². The second-order valence-corrected chi connectivity index (χ2v) is 7.86. The molecule has 3 fully saturated rings. The van der Waals surface area contributed by atoms with Gasteiger partial charge in [-0.2, -0.15) is 0 Å². The standard InChI is InChI=1S/C16H28O/c1-11-6-7-12-14(2,3)13-10-16(11,12)9-8-15(13,4)17-5/h11-13H,6-10H2,1-5H3/t11-,12+,13-,15+,16-/m0/s1. The van der Waals surface area contributed by atoms with Crippen LogP contribution in [0.1, 0.15) is 59.8 Å². The van der Waals surface area contributed by atoms with Crippen LogP contribution in [0.3, 0.4) is 0 Å². The Bertz CT molecular complexity index is 334. The molecule has 0 amide bonds. The Morgan fingerprint density at radius 1 is 1.00 bits per heavy atom. The lowest BCUT2D eigenvalue weighted by atomic mass is 9.64. The van der Waals surface area contributed by atoms with Gasteiger partial charge in [-0.25, -0.2) is 0 Å². The number of hydrogen-bond acceptors (Lipinski definition) is 1. The fourth-order valence-electron chi connectivity index (χ4n) is 6.10. The predicted molar refractivity (Wildman–Crippen MR) is 70.9 cm³/mol. The SMILES string of the molecule is CO[C@]1(C)CC[C@@]23C[C@H]1C(C)(C)[C@H]2CC[C@@H]3C. The van der Waals surface area contributed by atoms with Gasteiger partial charge in [-0.1, -0.05) is 20.8 Å². The zero-order chi connectivity index (χ0) is 12.5. The van der Waals surface area contributed by atoms with Crippen LogP contribution in [-0.4, -0.2) is 12.7 Å². The number of rotatable bonds is 1. The zero-order valence-electron chi connectivity index (χ0n) is 12.2. The van der Waals surface area contributed by atoms with Crippen LogP contribution in [0.15, 0.2) is 0 Å². The summed E-state index contributed by atoms with van der Waals surface area (Å²) in [5.74, 6) is 2.66. The average molecular weight is 236 g/mol. The summed E-state index contributed by atoms with van der Waals surface area (Å²) < 4.78 is 5.94. The van der Waals surface area contributed by atoms with Crippen LogP contribution in [0.25, 0.3) is 0 Å². The van der Waals surface area contributed by atoms with Gasteiger partial charge in [0, 0.05) is 7.11 Å². The molecule has 0 radical (unpaired) electrons. The molecule has 0 saturated heterocycles. The van der Waals surface area contributed by atoms with Crippen molar-refractivity contribution >= 4 is 0 Å². The minimum absolute atomic E-state index is 0.138. The largest absolute Gasteiger partial charge is 0.378 e. The molecule has 3 aliphatic carbocycles. The highest BCUT2D eigenvalue weighted by Crippen LogP contribution is 2.73. The highest BCUT2D eigenvalue weighted by Gasteiger charge is 2.68. The molecule has 1 heteroatoms. The third-order valence-electron chi connectivity index (χ3n) is 7.23. The molecular formula is C16H28O. The molecule has 0 aliphatic heterocycles. The van der Waals surface area contributed by atoms with Crippen LogP contribution < -0.4 is 0 Å². The lowest BCUT2D eigenvalue weighted by Gasteiger charge is -2.46. The molecule has 3 rings (SSSR count). The Morgan fingerprint density at radius 3 is 2.35 bits per heavy atom. The van der Waals surface area contributed by atoms with Gasteiger partial charge in [-0.05, 0) is 67.6 Å². The van der Waals surface area contributed by atoms with Crippen LogP contribution in [0.4, 0.5) is 0 Å². The van der Waals surface area contributed by atoms with Gasteiger partial charge >= 0.3 is 0 Å². The first-order valence-electron chi connectivity index (χ1n) is 7.42. The van der Waals surface area contributed by atoms with Crippen LogP contribution in [0, 0.1) is 28.6 Å². The van der Waals surface area contributed by atoms with E-state index in [9.17, 15) is 0 Å². The zero-order valence-corrected chi connectivity index (χ0v) is 12.2. The molecule has 0 unspecified atom stereocenters. The quantitative estimate of drug-likeness (QED) is 0.661. The van der Waals surface area contributed by atoms with Gasteiger partial charge in [-0.3, -0.25) is 0 Å². The molecule has 1 spiro atoms. The van der Waals surface area contributed by atoms with Crippen molar-refractivity contribution in [3.8, 4) is 0 Å². The lowest BCUT2D eigenvalue weighted by Crippen LogP contribution is -2.45. The molecule has 17 heavy (non-hydrogen) atoms. The van der Waals surface area contributed by atoms with Crippen LogP contribution in [0.2, 0.25) is 0 Å². The maximum absolute atomic E-state index is 5.94. The first-order valence-corrected chi connectivity index (χ1v) is 7.42. The predicted octanol–water partition coefficient (Wildman–Crippen LogP) is 4.26. The third-order valence-corrected chi connectivity index (χ3v) is 7.23. The van der Waals surface area contributed by atoms with Crippen molar-refractivity contribution in [2.45, 2.75) is 65.4 Å². The number of hydrogen-bond donors (Lipinski definition) is 0. The summed E-state index contributed by atoms with van der Waals surface area (Å²) >= 11 is 0. The molecule has 2 bridgehead atoms. The van der Waals surface area contributed by atoms with E-state index in [4.69, 9.17) is 4.74 Å². The lowest BCUT2D eigenvalue weighted by molar-refractivity contribution is -0.100. The summed E-state index contributed by atoms with van der Waals surface area (Å²) in [5.41, 5.74) is 1.29. The van der Waals surface area contributed by atoms with Gasteiger partial charge in [0.25, 0.3) is 0 Å². The molecule has 0 N–H and O–H groups in total. The molecule has 5 atom stereocenters. The second-order valence-electron chi connectivity index (χ2n) is 7.86. The van der Waals surface area contributed by atoms with Gasteiger partial charge in [0.05, 0.1) is 5.60 Å². The van der Waals surface area contributed by atoms with E-state index in [0.717, 1.165) is 17.8 Å². The second kappa shape index (κ2) is 3.29. The van der Waals surface area contributed by atoms with E-state index in [1.165, 1.54) is 32.1 Å². The summed E-state index contributed by atoms with van der Waals surface area (Å²) in [6, 6.07) is 0. The minimum Gasteiger partial charge on any atom is -0.378 e. The van der Waals surface area contributed by atoms with E-state index in [1.54, 1.807) is 0 Å². The van der Waals surface area contributed by atoms with E-state index in [0.29, 0.717) is 10.8 Å². The van der Waals surface area contributed by atoms with E-state index >= 15 is 0 Å². The normalized spacial score (nSPS) is 55.9. The van der Waals surface area contributed by atoms with Crippen molar-refractivity contribution in [3.05, 3.63) is 0 Å². The Balaban J connectivity index is 2.04. The van der Waals surface area contributed by atoms with Gasteiger partial charge in [0.1, 0.15) is 0 Å². The fraction of sp³-hybridized carbons (Fsp3) is 1.00. The van der Waals surface area contributed by atoms with Crippen LogP contribution in [-0.2, 0) is 4.74 Å². The maximum Gasteiger partial charge on any atom is 0.0684 e. The molecule has 1 nitrogen and oxygen atoms in total.